The van der Waals surface area contributed by atoms with Gasteiger partial charge in [0.15, 0.2) is 5.96 Å². The molecule has 0 spiro atoms. The first-order chi connectivity index (χ1) is 12.3. The Hall–Kier alpha value is -1.86. The second-order valence-electron chi connectivity index (χ2n) is 6.28. The second kappa shape index (κ2) is 9.01. The molecule has 0 amide bonds. The molecule has 1 N–H and O–H groups in total. The van der Waals surface area contributed by atoms with E-state index in [1.54, 1.807) is 13.3 Å². The van der Waals surface area contributed by atoms with Crippen LogP contribution in [-0.4, -0.2) is 68.0 Å². The summed E-state index contributed by atoms with van der Waals surface area (Å²) in [7, 11) is 1.62. The third-order valence-corrected chi connectivity index (χ3v) is 4.53. The number of morpholine rings is 1. The monoisotopic (exact) mass is 348 g/mol. The topological polar surface area (TPSA) is 68.2 Å². The molecule has 1 aromatic heterocycles. The van der Waals surface area contributed by atoms with E-state index in [0.717, 1.165) is 50.6 Å². The first-order valence-electron chi connectivity index (χ1n) is 9.05. The summed E-state index contributed by atoms with van der Waals surface area (Å²) >= 11 is 0. The van der Waals surface area contributed by atoms with E-state index in [-0.39, 0.29) is 12.2 Å². The van der Waals surface area contributed by atoms with Gasteiger partial charge in [-0.3, -0.25) is 0 Å². The van der Waals surface area contributed by atoms with Crippen molar-refractivity contribution in [3.8, 4) is 5.88 Å². The van der Waals surface area contributed by atoms with E-state index in [2.05, 4.69) is 22.1 Å². The van der Waals surface area contributed by atoms with Gasteiger partial charge in [-0.15, -0.1) is 0 Å². The molecule has 2 atom stereocenters. The maximum Gasteiger partial charge on any atom is 0.213 e. The first kappa shape index (κ1) is 17.9. The van der Waals surface area contributed by atoms with Crippen molar-refractivity contribution < 1.29 is 14.2 Å². The van der Waals surface area contributed by atoms with Gasteiger partial charge in [0.25, 0.3) is 0 Å². The van der Waals surface area contributed by atoms with Crippen molar-refractivity contribution in [2.24, 2.45) is 4.99 Å². The largest absolute Gasteiger partial charge is 0.481 e. The van der Waals surface area contributed by atoms with Crippen molar-refractivity contribution in [3.63, 3.8) is 0 Å². The van der Waals surface area contributed by atoms with Crippen molar-refractivity contribution in [3.05, 3.63) is 23.9 Å². The summed E-state index contributed by atoms with van der Waals surface area (Å²) in [5.41, 5.74) is 1.08. The minimum Gasteiger partial charge on any atom is -0.481 e. The van der Waals surface area contributed by atoms with E-state index < -0.39 is 0 Å². The molecule has 2 unspecified atom stereocenters. The van der Waals surface area contributed by atoms with E-state index in [1.807, 2.05) is 12.1 Å². The molecule has 138 valence electrons. The molecule has 0 aromatic carbocycles. The normalized spacial score (nSPS) is 24.4. The number of hydrogen-bond donors (Lipinski definition) is 1. The molecule has 0 radical (unpaired) electrons. The third kappa shape index (κ3) is 4.83. The standard InChI is InChI=1S/C18H28N4O3/c1-3-19-18(21-12-14-6-7-20-17(11-14)23-2)22-8-10-25-16(13-22)15-5-4-9-24-15/h6-7,11,15-16H,3-5,8-10,12-13H2,1-2H3,(H,19,21). The third-order valence-electron chi connectivity index (χ3n) is 4.53. The van der Waals surface area contributed by atoms with Gasteiger partial charge in [-0.2, -0.15) is 0 Å². The number of methoxy groups -OCH3 is 1. The van der Waals surface area contributed by atoms with Crippen LogP contribution >= 0.6 is 0 Å². The van der Waals surface area contributed by atoms with Gasteiger partial charge in [-0.1, -0.05) is 0 Å². The zero-order valence-corrected chi connectivity index (χ0v) is 15.1. The molecule has 0 saturated carbocycles. The lowest BCUT2D eigenvalue weighted by Crippen LogP contribution is -2.53. The van der Waals surface area contributed by atoms with Crippen molar-refractivity contribution in [1.82, 2.24) is 15.2 Å². The lowest BCUT2D eigenvalue weighted by molar-refractivity contribution is -0.0817. The number of hydrogen-bond acceptors (Lipinski definition) is 5. The van der Waals surface area contributed by atoms with Gasteiger partial charge in [0, 0.05) is 38.5 Å². The molecule has 0 aliphatic carbocycles. The number of aromatic nitrogens is 1. The van der Waals surface area contributed by atoms with Gasteiger partial charge in [0.2, 0.25) is 5.88 Å². The van der Waals surface area contributed by atoms with Crippen LogP contribution < -0.4 is 10.1 Å². The summed E-state index contributed by atoms with van der Waals surface area (Å²) in [6, 6.07) is 3.88. The lowest BCUT2D eigenvalue weighted by atomic mass is 10.1. The van der Waals surface area contributed by atoms with Gasteiger partial charge < -0.3 is 24.4 Å². The average Bonchev–Trinajstić information content (AvgIpc) is 3.20. The highest BCUT2D eigenvalue weighted by molar-refractivity contribution is 5.80. The Morgan fingerprint density at radius 3 is 3.04 bits per heavy atom. The van der Waals surface area contributed by atoms with Crippen LogP contribution in [0, 0.1) is 0 Å². The molecule has 2 aliphatic rings. The molecule has 7 heteroatoms. The van der Waals surface area contributed by atoms with Crippen LogP contribution in [-0.2, 0) is 16.0 Å². The van der Waals surface area contributed by atoms with Crippen molar-refractivity contribution in [2.45, 2.75) is 38.5 Å². The maximum atomic E-state index is 5.94. The Morgan fingerprint density at radius 1 is 1.40 bits per heavy atom. The Labute approximate surface area is 149 Å². The molecule has 25 heavy (non-hydrogen) atoms. The molecule has 1 aromatic rings. The summed E-state index contributed by atoms with van der Waals surface area (Å²) in [6.07, 6.45) is 4.31. The zero-order valence-electron chi connectivity index (χ0n) is 15.1. The maximum absolute atomic E-state index is 5.94. The van der Waals surface area contributed by atoms with Gasteiger partial charge in [-0.05, 0) is 31.4 Å². The predicted molar refractivity (Wildman–Crippen MR) is 95.9 cm³/mol. The minimum atomic E-state index is 0.126. The number of pyridine rings is 1. The average molecular weight is 348 g/mol. The molecule has 2 fully saturated rings. The molecule has 2 aliphatic heterocycles. The Morgan fingerprint density at radius 2 is 2.28 bits per heavy atom. The lowest BCUT2D eigenvalue weighted by Gasteiger charge is -2.37. The van der Waals surface area contributed by atoms with Gasteiger partial charge in [0.05, 0.1) is 26.4 Å². The number of ether oxygens (including phenoxy) is 3. The number of guanidine groups is 1. The highest BCUT2D eigenvalue weighted by atomic mass is 16.5. The predicted octanol–water partition coefficient (Wildman–Crippen LogP) is 1.44. The summed E-state index contributed by atoms with van der Waals surface area (Å²) in [5.74, 6) is 1.53. The first-order valence-corrected chi connectivity index (χ1v) is 9.05. The summed E-state index contributed by atoms with van der Waals surface area (Å²) in [6.45, 7) is 6.72. The van der Waals surface area contributed by atoms with Crippen LogP contribution in [0.3, 0.4) is 0 Å². The molecular weight excluding hydrogens is 320 g/mol. The summed E-state index contributed by atoms with van der Waals surface area (Å²) < 4.78 is 16.9. The fraction of sp³-hybridized carbons (Fsp3) is 0.667. The van der Waals surface area contributed by atoms with E-state index in [1.165, 1.54) is 0 Å². The number of nitrogens with zero attached hydrogens (tertiary/aromatic N) is 3. The van der Waals surface area contributed by atoms with Crippen molar-refractivity contribution in [2.75, 3.05) is 40.0 Å². The quantitative estimate of drug-likeness (QED) is 0.641. The van der Waals surface area contributed by atoms with Gasteiger partial charge in [0.1, 0.15) is 6.10 Å². The number of rotatable bonds is 5. The van der Waals surface area contributed by atoms with Crippen LogP contribution in [0.25, 0.3) is 0 Å². The second-order valence-corrected chi connectivity index (χ2v) is 6.28. The van der Waals surface area contributed by atoms with Crippen LogP contribution in [0.5, 0.6) is 5.88 Å². The van der Waals surface area contributed by atoms with Crippen LogP contribution in [0.4, 0.5) is 0 Å². The highest BCUT2D eigenvalue weighted by Gasteiger charge is 2.32. The molecular formula is C18H28N4O3. The van der Waals surface area contributed by atoms with E-state index in [9.17, 15) is 0 Å². The number of aliphatic imine (C=N–C) groups is 1. The van der Waals surface area contributed by atoms with E-state index >= 15 is 0 Å². The number of nitrogens with one attached hydrogen (secondary N) is 1. The minimum absolute atomic E-state index is 0.126. The molecule has 3 heterocycles. The SMILES string of the molecule is CCNC(=NCc1ccnc(OC)c1)N1CCOC(C2CCCO2)C1. The van der Waals surface area contributed by atoms with Gasteiger partial charge >= 0.3 is 0 Å². The molecule has 3 rings (SSSR count). The molecule has 0 bridgehead atoms. The van der Waals surface area contributed by atoms with Crippen LogP contribution in [0.15, 0.2) is 23.3 Å². The summed E-state index contributed by atoms with van der Waals surface area (Å²) in [4.78, 5) is 11.2. The van der Waals surface area contributed by atoms with Crippen molar-refractivity contribution in [1.29, 1.82) is 0 Å². The fourth-order valence-corrected chi connectivity index (χ4v) is 3.24. The van der Waals surface area contributed by atoms with Gasteiger partial charge in [-0.25, -0.2) is 9.98 Å². The van der Waals surface area contributed by atoms with E-state index in [4.69, 9.17) is 19.2 Å². The Balaban J connectivity index is 1.66. The molecule has 2 saturated heterocycles. The Bertz CT molecular complexity index is 575. The Kier molecular flexibility index (Phi) is 6.47. The molecule has 7 nitrogen and oxygen atoms in total. The van der Waals surface area contributed by atoms with Crippen LogP contribution in [0.1, 0.15) is 25.3 Å². The summed E-state index contributed by atoms with van der Waals surface area (Å²) in [5, 5.41) is 3.39. The highest BCUT2D eigenvalue weighted by Crippen LogP contribution is 2.21. The van der Waals surface area contributed by atoms with Crippen molar-refractivity contribution >= 4 is 5.96 Å². The zero-order chi connectivity index (χ0) is 17.5. The fourth-order valence-electron chi connectivity index (χ4n) is 3.24. The van der Waals surface area contributed by atoms with E-state index in [0.29, 0.717) is 19.0 Å². The smallest absolute Gasteiger partial charge is 0.213 e. The van der Waals surface area contributed by atoms with Crippen LogP contribution in [0.2, 0.25) is 0 Å².